The molecule has 1 aliphatic rings. The average molecular weight is 263 g/mol. The molecule has 1 aliphatic heterocycles. The van der Waals surface area contributed by atoms with Gasteiger partial charge in [0.2, 0.25) is 5.91 Å². The Bertz CT molecular complexity index is 462. The molecule has 5 nitrogen and oxygen atoms in total. The number of nitrogens with one attached hydrogen (secondary N) is 1. The van der Waals surface area contributed by atoms with Crippen molar-refractivity contribution in [3.63, 3.8) is 0 Å². The number of carbonyl (C=O) groups excluding carboxylic acids is 1. The molecule has 1 amide bonds. The van der Waals surface area contributed by atoms with Gasteiger partial charge in [-0.15, -0.1) is 0 Å². The number of aliphatic hydroxyl groups excluding tert-OH is 1. The molecule has 19 heavy (non-hydrogen) atoms. The molecule has 1 atom stereocenters. The fourth-order valence-corrected chi connectivity index (χ4v) is 2.30. The molecule has 1 fully saturated rings. The number of rotatable bonds is 3. The van der Waals surface area contributed by atoms with Crippen molar-refractivity contribution in [2.75, 3.05) is 30.7 Å². The lowest BCUT2D eigenvalue weighted by Crippen LogP contribution is -2.42. The summed E-state index contributed by atoms with van der Waals surface area (Å²) in [5, 5.41) is 12.4. The number of amides is 1. The number of benzene rings is 1. The van der Waals surface area contributed by atoms with Gasteiger partial charge in [0, 0.05) is 17.9 Å². The van der Waals surface area contributed by atoms with Gasteiger partial charge in [0.05, 0.1) is 12.6 Å². The van der Waals surface area contributed by atoms with E-state index in [4.69, 9.17) is 5.73 Å². The van der Waals surface area contributed by atoms with E-state index in [9.17, 15) is 9.90 Å². The predicted octanol–water partition coefficient (Wildman–Crippen LogP) is 0.972. The van der Waals surface area contributed by atoms with Gasteiger partial charge in [-0.1, -0.05) is 6.07 Å². The number of aliphatic hydroxyl groups is 1. The third-order valence-electron chi connectivity index (χ3n) is 3.41. The Balaban J connectivity index is 1.88. The van der Waals surface area contributed by atoms with Crippen molar-refractivity contribution in [3.05, 3.63) is 23.8 Å². The van der Waals surface area contributed by atoms with Crippen LogP contribution in [0.25, 0.3) is 0 Å². The first-order valence-corrected chi connectivity index (χ1v) is 6.61. The molecule has 0 saturated carbocycles. The standard InChI is InChI=1S/C14H21N3O2/c1-10-4-5-11(7-13(10)15)16-14(19)9-17-6-2-3-12(18)8-17/h4-5,7,12,18H,2-3,6,8-9,15H2,1H3,(H,16,19). The number of nitrogens with two attached hydrogens (primary N) is 1. The minimum absolute atomic E-state index is 0.0719. The Morgan fingerprint density at radius 1 is 1.58 bits per heavy atom. The Morgan fingerprint density at radius 3 is 3.05 bits per heavy atom. The Hall–Kier alpha value is -1.59. The lowest BCUT2D eigenvalue weighted by molar-refractivity contribution is -0.118. The molecule has 2 rings (SSSR count). The van der Waals surface area contributed by atoms with Gasteiger partial charge in [0.1, 0.15) is 0 Å². The second-order valence-electron chi connectivity index (χ2n) is 5.15. The normalized spacial score (nSPS) is 20.2. The van der Waals surface area contributed by atoms with Crippen molar-refractivity contribution in [3.8, 4) is 0 Å². The van der Waals surface area contributed by atoms with E-state index in [0.29, 0.717) is 24.5 Å². The maximum Gasteiger partial charge on any atom is 0.238 e. The third kappa shape index (κ3) is 3.94. The SMILES string of the molecule is Cc1ccc(NC(=O)CN2CCCC(O)C2)cc1N. The molecule has 1 unspecified atom stereocenters. The van der Waals surface area contributed by atoms with Gasteiger partial charge < -0.3 is 16.2 Å². The van der Waals surface area contributed by atoms with E-state index in [1.807, 2.05) is 24.0 Å². The second kappa shape index (κ2) is 6.04. The number of nitrogen functional groups attached to an aromatic ring is 1. The number of carbonyl (C=O) groups is 1. The predicted molar refractivity (Wildman–Crippen MR) is 75.9 cm³/mol. The highest BCUT2D eigenvalue weighted by Gasteiger charge is 2.19. The van der Waals surface area contributed by atoms with Gasteiger partial charge >= 0.3 is 0 Å². The number of β-amino-alcohol motifs (C(OH)–C–C–N with tert-alkyl or cyclic N) is 1. The van der Waals surface area contributed by atoms with Crippen LogP contribution in [0.2, 0.25) is 0 Å². The van der Waals surface area contributed by atoms with Crippen LogP contribution in [0.3, 0.4) is 0 Å². The lowest BCUT2D eigenvalue weighted by atomic mass is 10.1. The smallest absolute Gasteiger partial charge is 0.238 e. The number of hydrogen-bond acceptors (Lipinski definition) is 4. The van der Waals surface area contributed by atoms with Crippen LogP contribution in [0.4, 0.5) is 11.4 Å². The molecule has 5 heteroatoms. The van der Waals surface area contributed by atoms with E-state index in [0.717, 1.165) is 24.9 Å². The van der Waals surface area contributed by atoms with Crippen LogP contribution < -0.4 is 11.1 Å². The summed E-state index contributed by atoms with van der Waals surface area (Å²) in [5.41, 5.74) is 8.19. The van der Waals surface area contributed by atoms with Crippen molar-refractivity contribution in [2.45, 2.75) is 25.9 Å². The summed E-state index contributed by atoms with van der Waals surface area (Å²) in [5.74, 6) is -0.0719. The largest absolute Gasteiger partial charge is 0.398 e. The number of likely N-dealkylation sites (tertiary alicyclic amines) is 1. The van der Waals surface area contributed by atoms with Crippen molar-refractivity contribution in [1.82, 2.24) is 4.90 Å². The third-order valence-corrected chi connectivity index (χ3v) is 3.41. The zero-order chi connectivity index (χ0) is 13.8. The van der Waals surface area contributed by atoms with Crippen LogP contribution >= 0.6 is 0 Å². The van der Waals surface area contributed by atoms with E-state index in [2.05, 4.69) is 5.32 Å². The lowest BCUT2D eigenvalue weighted by Gasteiger charge is -2.29. The number of aryl methyl sites for hydroxylation is 1. The van der Waals surface area contributed by atoms with E-state index >= 15 is 0 Å². The Morgan fingerprint density at radius 2 is 2.37 bits per heavy atom. The van der Waals surface area contributed by atoms with E-state index in [1.165, 1.54) is 0 Å². The number of hydrogen-bond donors (Lipinski definition) is 3. The first-order chi connectivity index (χ1) is 9.04. The van der Waals surface area contributed by atoms with Gasteiger partial charge in [-0.05, 0) is 44.0 Å². The molecular weight excluding hydrogens is 242 g/mol. The molecule has 1 saturated heterocycles. The monoisotopic (exact) mass is 263 g/mol. The van der Waals surface area contributed by atoms with E-state index < -0.39 is 0 Å². The van der Waals surface area contributed by atoms with Gasteiger partial charge in [-0.2, -0.15) is 0 Å². The molecule has 0 radical (unpaired) electrons. The van der Waals surface area contributed by atoms with E-state index in [-0.39, 0.29) is 12.0 Å². The maximum absolute atomic E-state index is 11.9. The van der Waals surface area contributed by atoms with Crippen LogP contribution in [-0.4, -0.2) is 41.7 Å². The summed E-state index contributed by atoms with van der Waals surface area (Å²) in [6.07, 6.45) is 1.45. The maximum atomic E-state index is 11.9. The summed E-state index contributed by atoms with van der Waals surface area (Å²) in [4.78, 5) is 13.9. The summed E-state index contributed by atoms with van der Waals surface area (Å²) in [7, 11) is 0. The zero-order valence-electron chi connectivity index (χ0n) is 11.2. The summed E-state index contributed by atoms with van der Waals surface area (Å²) >= 11 is 0. The first kappa shape index (κ1) is 13.8. The quantitative estimate of drug-likeness (QED) is 0.710. The minimum atomic E-state index is -0.309. The molecule has 1 aromatic rings. The van der Waals surface area contributed by atoms with Crippen molar-refractivity contribution < 1.29 is 9.90 Å². The van der Waals surface area contributed by atoms with Crippen LogP contribution in [0.5, 0.6) is 0 Å². The molecule has 0 aromatic heterocycles. The topological polar surface area (TPSA) is 78.6 Å². The average Bonchev–Trinajstić information content (AvgIpc) is 2.34. The Kier molecular flexibility index (Phi) is 4.39. The van der Waals surface area contributed by atoms with E-state index in [1.54, 1.807) is 6.07 Å². The van der Waals surface area contributed by atoms with Gasteiger partial charge in [0.25, 0.3) is 0 Å². The minimum Gasteiger partial charge on any atom is -0.398 e. The molecule has 0 aliphatic carbocycles. The highest BCUT2D eigenvalue weighted by Crippen LogP contribution is 2.17. The van der Waals surface area contributed by atoms with Crippen LogP contribution in [0.1, 0.15) is 18.4 Å². The van der Waals surface area contributed by atoms with Crippen molar-refractivity contribution >= 4 is 17.3 Å². The Labute approximate surface area is 113 Å². The zero-order valence-corrected chi connectivity index (χ0v) is 11.2. The number of anilines is 2. The molecule has 1 aromatic carbocycles. The fourth-order valence-electron chi connectivity index (χ4n) is 2.30. The number of piperidine rings is 1. The highest BCUT2D eigenvalue weighted by atomic mass is 16.3. The second-order valence-corrected chi connectivity index (χ2v) is 5.15. The summed E-state index contributed by atoms with van der Waals surface area (Å²) in [6, 6.07) is 5.49. The molecule has 4 N–H and O–H groups in total. The van der Waals surface area contributed by atoms with Crippen LogP contribution in [0.15, 0.2) is 18.2 Å². The van der Waals surface area contributed by atoms with Crippen LogP contribution in [-0.2, 0) is 4.79 Å². The van der Waals surface area contributed by atoms with Gasteiger partial charge in [0.15, 0.2) is 0 Å². The molecule has 0 spiro atoms. The van der Waals surface area contributed by atoms with Gasteiger partial charge in [-0.3, -0.25) is 9.69 Å². The molecule has 104 valence electrons. The number of nitrogens with zero attached hydrogens (tertiary/aromatic N) is 1. The molecule has 1 heterocycles. The highest BCUT2D eigenvalue weighted by molar-refractivity contribution is 5.92. The summed E-state index contributed by atoms with van der Waals surface area (Å²) < 4.78 is 0. The van der Waals surface area contributed by atoms with Crippen molar-refractivity contribution in [2.24, 2.45) is 0 Å². The van der Waals surface area contributed by atoms with Gasteiger partial charge in [-0.25, -0.2) is 0 Å². The fraction of sp³-hybridized carbons (Fsp3) is 0.500. The van der Waals surface area contributed by atoms with Crippen LogP contribution in [0, 0.1) is 6.92 Å². The first-order valence-electron chi connectivity index (χ1n) is 6.61. The van der Waals surface area contributed by atoms with Crippen molar-refractivity contribution in [1.29, 1.82) is 0 Å². The molecule has 0 bridgehead atoms. The summed E-state index contributed by atoms with van der Waals surface area (Å²) in [6.45, 7) is 3.67. The molecular formula is C14H21N3O2.